The summed E-state index contributed by atoms with van der Waals surface area (Å²) in [5, 5.41) is 29.6. The molecule has 0 aliphatic carbocycles. The number of phenolic OH excluding ortho intramolecular Hbond substituents is 1. The summed E-state index contributed by atoms with van der Waals surface area (Å²) in [7, 11) is 0. The van der Waals surface area contributed by atoms with E-state index in [1.807, 2.05) is 31.2 Å². The molecular formula is C29H32N4O8. The Hall–Kier alpha value is -5.26. The smallest absolute Gasteiger partial charge is 0.408 e. The van der Waals surface area contributed by atoms with E-state index in [9.17, 15) is 29.4 Å². The van der Waals surface area contributed by atoms with Gasteiger partial charge in [0, 0.05) is 19.2 Å². The van der Waals surface area contributed by atoms with Crippen LogP contribution in [0, 0.1) is 6.92 Å². The van der Waals surface area contributed by atoms with Gasteiger partial charge in [0.2, 0.25) is 0 Å². The highest BCUT2D eigenvalue weighted by atomic mass is 16.5. The van der Waals surface area contributed by atoms with Crippen molar-refractivity contribution in [3.63, 3.8) is 0 Å². The first-order valence-electron chi connectivity index (χ1n) is 12.7. The first-order valence-corrected chi connectivity index (χ1v) is 12.7. The van der Waals surface area contributed by atoms with E-state index in [1.54, 1.807) is 30.3 Å². The number of amides is 4. The van der Waals surface area contributed by atoms with Crippen molar-refractivity contribution in [3.8, 4) is 11.5 Å². The molecule has 0 radical (unpaired) electrons. The maximum atomic E-state index is 12.5. The summed E-state index contributed by atoms with van der Waals surface area (Å²) in [5.74, 6) is -2.28. The van der Waals surface area contributed by atoms with Gasteiger partial charge >= 0.3 is 18.1 Å². The van der Waals surface area contributed by atoms with Crippen molar-refractivity contribution < 1.29 is 38.9 Å². The van der Waals surface area contributed by atoms with E-state index in [-0.39, 0.29) is 37.1 Å². The average molecular weight is 565 g/mol. The van der Waals surface area contributed by atoms with Gasteiger partial charge in [-0.3, -0.25) is 4.79 Å². The summed E-state index contributed by atoms with van der Waals surface area (Å²) in [6, 6.07) is 18.8. The normalized spacial score (nSPS) is 11.0. The predicted octanol–water partition coefficient (Wildman–Crippen LogP) is 2.69. The monoisotopic (exact) mass is 564 g/mol. The van der Waals surface area contributed by atoms with Crippen LogP contribution in [0.2, 0.25) is 0 Å². The van der Waals surface area contributed by atoms with E-state index in [0.29, 0.717) is 6.54 Å². The SMILES string of the molecule is Cc1ccc(CNC(=O)NCCOc2ccc(C(=O)NC[C@H](NC(=O)OCc3ccccc3)C(=O)O)c(O)c2)cc1. The molecule has 0 saturated heterocycles. The summed E-state index contributed by atoms with van der Waals surface area (Å²) in [6.45, 7) is 2.16. The molecule has 0 aliphatic heterocycles. The zero-order valence-electron chi connectivity index (χ0n) is 22.4. The standard InChI is InChI=1S/C29H32N4O8/c1-19-7-9-20(10-8-19)16-32-28(38)30-13-14-40-22-11-12-23(25(34)15-22)26(35)31-17-24(27(36)37)33-29(39)41-18-21-5-3-2-4-6-21/h2-12,15,24,34H,13-14,16-18H2,1H3,(H,31,35)(H,33,39)(H,36,37)(H2,30,32,38)/t24-/m0/s1. The van der Waals surface area contributed by atoms with Gasteiger partial charge in [0.15, 0.2) is 0 Å². The van der Waals surface area contributed by atoms with E-state index >= 15 is 0 Å². The Bertz CT molecular complexity index is 1330. The number of nitrogens with one attached hydrogen (secondary N) is 4. The molecule has 4 amide bonds. The fourth-order valence-corrected chi connectivity index (χ4v) is 3.47. The summed E-state index contributed by atoms with van der Waals surface area (Å²) >= 11 is 0. The fraction of sp³-hybridized carbons (Fsp3) is 0.241. The number of hydrogen-bond acceptors (Lipinski definition) is 7. The number of carboxylic acids is 1. The topological polar surface area (TPSA) is 175 Å². The van der Waals surface area contributed by atoms with E-state index in [0.717, 1.165) is 16.7 Å². The zero-order chi connectivity index (χ0) is 29.6. The molecule has 0 spiro atoms. The van der Waals surface area contributed by atoms with E-state index < -0.39 is 36.3 Å². The highest BCUT2D eigenvalue weighted by Gasteiger charge is 2.22. The number of urea groups is 1. The Balaban J connectivity index is 1.39. The number of phenols is 1. The van der Waals surface area contributed by atoms with Crippen LogP contribution in [0.15, 0.2) is 72.8 Å². The van der Waals surface area contributed by atoms with Crippen molar-refractivity contribution >= 4 is 24.0 Å². The third-order valence-electron chi connectivity index (χ3n) is 5.71. The number of ether oxygens (including phenoxy) is 2. The van der Waals surface area contributed by atoms with Crippen molar-refractivity contribution in [1.29, 1.82) is 0 Å². The second kappa shape index (κ2) is 15.4. The van der Waals surface area contributed by atoms with Crippen LogP contribution in [0.5, 0.6) is 11.5 Å². The molecule has 1 atom stereocenters. The molecule has 0 aliphatic rings. The van der Waals surface area contributed by atoms with Gasteiger partial charge in [-0.05, 0) is 30.2 Å². The number of carboxylic acid groups (broad SMARTS) is 1. The molecule has 12 heteroatoms. The molecule has 0 saturated carbocycles. The van der Waals surface area contributed by atoms with Gasteiger partial charge in [-0.15, -0.1) is 0 Å². The molecule has 0 heterocycles. The second-order valence-electron chi connectivity index (χ2n) is 8.93. The van der Waals surface area contributed by atoms with Crippen LogP contribution >= 0.6 is 0 Å². The quantitative estimate of drug-likeness (QED) is 0.172. The third kappa shape index (κ3) is 10.4. The maximum Gasteiger partial charge on any atom is 0.408 e. The molecule has 6 N–H and O–H groups in total. The summed E-state index contributed by atoms with van der Waals surface area (Å²) in [5.41, 5.74) is 2.70. The molecule has 12 nitrogen and oxygen atoms in total. The molecule has 0 unspecified atom stereocenters. The lowest BCUT2D eigenvalue weighted by Crippen LogP contribution is -2.48. The number of benzene rings is 3. The van der Waals surface area contributed by atoms with Crippen molar-refractivity contribution in [2.75, 3.05) is 19.7 Å². The molecule has 0 aromatic heterocycles. The van der Waals surface area contributed by atoms with Crippen molar-refractivity contribution in [1.82, 2.24) is 21.3 Å². The first kappa shape index (κ1) is 30.3. The molecule has 0 fully saturated rings. The number of carbonyl (C=O) groups excluding carboxylic acids is 3. The fourth-order valence-electron chi connectivity index (χ4n) is 3.47. The van der Waals surface area contributed by atoms with Crippen molar-refractivity contribution in [2.45, 2.75) is 26.1 Å². The van der Waals surface area contributed by atoms with Crippen molar-refractivity contribution in [3.05, 3.63) is 95.1 Å². The van der Waals surface area contributed by atoms with Crippen LogP contribution in [0.25, 0.3) is 0 Å². The van der Waals surface area contributed by atoms with Gasteiger partial charge in [-0.2, -0.15) is 0 Å². The highest BCUT2D eigenvalue weighted by Crippen LogP contribution is 2.23. The number of carbonyl (C=O) groups is 4. The highest BCUT2D eigenvalue weighted by molar-refractivity contribution is 5.97. The van der Waals surface area contributed by atoms with Gasteiger partial charge < -0.3 is 41.0 Å². The second-order valence-corrected chi connectivity index (χ2v) is 8.93. The van der Waals surface area contributed by atoms with Crippen LogP contribution in [0.3, 0.4) is 0 Å². The number of aryl methyl sites for hydroxylation is 1. The Morgan fingerprint density at radius 1 is 0.878 bits per heavy atom. The predicted molar refractivity (Wildman–Crippen MR) is 149 cm³/mol. The van der Waals surface area contributed by atoms with Gasteiger partial charge in [0.05, 0.1) is 12.1 Å². The van der Waals surface area contributed by atoms with Crippen LogP contribution in [0.4, 0.5) is 9.59 Å². The lowest BCUT2D eigenvalue weighted by Gasteiger charge is -2.16. The molecular weight excluding hydrogens is 532 g/mol. The minimum absolute atomic E-state index is 0.0507. The molecule has 3 rings (SSSR count). The molecule has 0 bridgehead atoms. The molecule has 216 valence electrons. The van der Waals surface area contributed by atoms with Crippen LogP contribution in [0.1, 0.15) is 27.0 Å². The Morgan fingerprint density at radius 2 is 1.61 bits per heavy atom. The maximum absolute atomic E-state index is 12.5. The molecule has 41 heavy (non-hydrogen) atoms. The number of rotatable bonds is 13. The van der Waals surface area contributed by atoms with Crippen LogP contribution in [-0.4, -0.2) is 60.0 Å². The Morgan fingerprint density at radius 3 is 2.29 bits per heavy atom. The van der Waals surface area contributed by atoms with Crippen LogP contribution in [-0.2, 0) is 22.7 Å². The Labute approximate surface area is 236 Å². The summed E-state index contributed by atoms with van der Waals surface area (Å²) < 4.78 is 10.5. The lowest BCUT2D eigenvalue weighted by molar-refractivity contribution is -0.139. The Kier molecular flexibility index (Phi) is 11.3. The minimum atomic E-state index is -1.46. The van der Waals surface area contributed by atoms with E-state index in [2.05, 4.69) is 21.3 Å². The minimum Gasteiger partial charge on any atom is -0.507 e. The number of aromatic hydroxyl groups is 1. The van der Waals surface area contributed by atoms with Gasteiger partial charge in [0.25, 0.3) is 5.91 Å². The largest absolute Gasteiger partial charge is 0.507 e. The first-order chi connectivity index (χ1) is 19.7. The average Bonchev–Trinajstić information content (AvgIpc) is 2.96. The molecule has 3 aromatic rings. The van der Waals surface area contributed by atoms with Gasteiger partial charge in [0.1, 0.15) is 30.8 Å². The summed E-state index contributed by atoms with van der Waals surface area (Å²) in [6.07, 6.45) is -0.960. The van der Waals surface area contributed by atoms with Crippen molar-refractivity contribution in [2.24, 2.45) is 0 Å². The number of hydrogen-bond donors (Lipinski definition) is 6. The van der Waals surface area contributed by atoms with Gasteiger partial charge in [-0.25, -0.2) is 14.4 Å². The van der Waals surface area contributed by atoms with E-state index in [4.69, 9.17) is 9.47 Å². The number of aliphatic carboxylic acids is 1. The van der Waals surface area contributed by atoms with E-state index in [1.165, 1.54) is 18.2 Å². The zero-order valence-corrected chi connectivity index (χ0v) is 22.4. The molecule has 3 aromatic carbocycles. The van der Waals surface area contributed by atoms with Gasteiger partial charge in [-0.1, -0.05) is 60.2 Å². The third-order valence-corrected chi connectivity index (χ3v) is 5.71. The van der Waals surface area contributed by atoms with Crippen LogP contribution < -0.4 is 26.0 Å². The number of alkyl carbamates (subject to hydrolysis) is 1. The lowest BCUT2D eigenvalue weighted by atomic mass is 10.1. The summed E-state index contributed by atoms with van der Waals surface area (Å²) in [4.78, 5) is 48.0.